The van der Waals surface area contributed by atoms with Crippen LogP contribution in [0.5, 0.6) is 0 Å². The third-order valence-electron chi connectivity index (χ3n) is 4.51. The van der Waals surface area contributed by atoms with E-state index in [1.165, 1.54) is 10.4 Å². The second kappa shape index (κ2) is 5.28. The third-order valence-corrected chi connectivity index (χ3v) is 6.04. The van der Waals surface area contributed by atoms with E-state index in [1.807, 2.05) is 24.3 Å². The van der Waals surface area contributed by atoms with Gasteiger partial charge in [0.2, 0.25) is 0 Å². The Morgan fingerprint density at radius 3 is 2.91 bits per heavy atom. The Kier molecular flexibility index (Phi) is 3.39. The van der Waals surface area contributed by atoms with E-state index < -0.39 is 0 Å². The highest BCUT2D eigenvalue weighted by atomic mass is 35.5. The first-order chi connectivity index (χ1) is 10.6. The molecule has 3 nitrogen and oxygen atoms in total. The normalized spacial score (nSPS) is 23.3. The van der Waals surface area contributed by atoms with Gasteiger partial charge in [-0.1, -0.05) is 36.7 Å². The third kappa shape index (κ3) is 2.22. The van der Waals surface area contributed by atoms with Gasteiger partial charge in [0.1, 0.15) is 11.2 Å². The Labute approximate surface area is 138 Å². The molecule has 0 saturated carbocycles. The van der Waals surface area contributed by atoms with Gasteiger partial charge in [-0.3, -0.25) is 4.79 Å². The van der Waals surface area contributed by atoms with Crippen LogP contribution in [0.25, 0.3) is 0 Å². The van der Waals surface area contributed by atoms with E-state index in [-0.39, 0.29) is 12.1 Å². The van der Waals surface area contributed by atoms with Crippen molar-refractivity contribution < 1.29 is 4.79 Å². The molecule has 0 saturated heterocycles. The van der Waals surface area contributed by atoms with Crippen molar-refractivity contribution >= 4 is 33.8 Å². The van der Waals surface area contributed by atoms with Gasteiger partial charge in [0.05, 0.1) is 5.56 Å². The summed E-state index contributed by atoms with van der Waals surface area (Å²) in [6, 6.07) is 7.63. The molecule has 2 heterocycles. The topological polar surface area (TPSA) is 41.1 Å². The van der Waals surface area contributed by atoms with Gasteiger partial charge < -0.3 is 10.6 Å². The minimum absolute atomic E-state index is 0.0192. The van der Waals surface area contributed by atoms with E-state index in [2.05, 4.69) is 17.6 Å². The lowest BCUT2D eigenvalue weighted by Crippen LogP contribution is -2.38. The molecule has 1 amide bonds. The van der Waals surface area contributed by atoms with Crippen LogP contribution in [0.4, 0.5) is 5.00 Å². The second-order valence-corrected chi connectivity index (χ2v) is 7.64. The van der Waals surface area contributed by atoms with Crippen molar-refractivity contribution in [2.75, 3.05) is 5.32 Å². The van der Waals surface area contributed by atoms with Crippen LogP contribution >= 0.6 is 22.9 Å². The average molecular weight is 333 g/mol. The summed E-state index contributed by atoms with van der Waals surface area (Å²) >= 11 is 8.00. The Hall–Kier alpha value is -1.52. The highest BCUT2D eigenvalue weighted by molar-refractivity contribution is 7.16. The minimum Gasteiger partial charge on any atom is -0.353 e. The van der Waals surface area contributed by atoms with Crippen LogP contribution < -0.4 is 10.6 Å². The maximum absolute atomic E-state index is 12.6. The molecular weight excluding hydrogens is 316 g/mol. The number of nitrogens with one attached hydrogen (secondary N) is 2. The Bertz CT molecular complexity index is 755. The molecule has 0 radical (unpaired) electrons. The van der Waals surface area contributed by atoms with E-state index in [9.17, 15) is 4.79 Å². The van der Waals surface area contributed by atoms with E-state index in [0.29, 0.717) is 10.9 Å². The van der Waals surface area contributed by atoms with Crippen LogP contribution in [-0.4, -0.2) is 5.91 Å². The number of amides is 1. The zero-order chi connectivity index (χ0) is 15.3. The number of carbonyl (C=O) groups excluding carboxylic acids is 1. The number of thiophene rings is 1. The Morgan fingerprint density at radius 2 is 2.09 bits per heavy atom. The maximum Gasteiger partial charge on any atom is 0.256 e. The van der Waals surface area contributed by atoms with Crippen molar-refractivity contribution in [3.05, 3.63) is 50.9 Å². The molecule has 2 atom stereocenters. The van der Waals surface area contributed by atoms with Crippen molar-refractivity contribution in [3.8, 4) is 0 Å². The summed E-state index contributed by atoms with van der Waals surface area (Å²) in [7, 11) is 0. The van der Waals surface area contributed by atoms with E-state index in [0.717, 1.165) is 35.4 Å². The van der Waals surface area contributed by atoms with Gasteiger partial charge in [-0.15, -0.1) is 11.3 Å². The zero-order valence-corrected chi connectivity index (χ0v) is 13.9. The fourth-order valence-corrected chi connectivity index (χ4v) is 5.01. The summed E-state index contributed by atoms with van der Waals surface area (Å²) in [5.74, 6) is 0.723. The summed E-state index contributed by atoms with van der Waals surface area (Å²) < 4.78 is 0. The molecule has 1 aliphatic heterocycles. The largest absolute Gasteiger partial charge is 0.353 e. The fourth-order valence-electron chi connectivity index (χ4n) is 3.33. The highest BCUT2D eigenvalue weighted by Gasteiger charge is 2.33. The van der Waals surface area contributed by atoms with E-state index in [1.54, 1.807) is 11.3 Å². The first-order valence-electron chi connectivity index (χ1n) is 7.60. The van der Waals surface area contributed by atoms with Crippen LogP contribution in [0.1, 0.15) is 45.9 Å². The zero-order valence-electron chi connectivity index (χ0n) is 12.3. The molecule has 1 aliphatic carbocycles. The molecule has 114 valence electrons. The molecule has 22 heavy (non-hydrogen) atoms. The summed E-state index contributed by atoms with van der Waals surface area (Å²) in [6.07, 6.45) is 3.00. The number of hydrogen-bond donors (Lipinski definition) is 2. The summed E-state index contributed by atoms with van der Waals surface area (Å²) in [5.41, 5.74) is 3.01. The molecule has 0 bridgehead atoms. The predicted octanol–water partition coefficient (Wildman–Crippen LogP) is 4.38. The maximum atomic E-state index is 12.6. The Morgan fingerprint density at radius 1 is 1.27 bits per heavy atom. The van der Waals surface area contributed by atoms with Crippen LogP contribution in [0.15, 0.2) is 24.3 Å². The van der Waals surface area contributed by atoms with Crippen molar-refractivity contribution in [2.45, 2.75) is 32.4 Å². The van der Waals surface area contributed by atoms with Gasteiger partial charge in [0, 0.05) is 15.5 Å². The number of hydrogen-bond acceptors (Lipinski definition) is 3. The van der Waals surface area contributed by atoms with E-state index in [4.69, 9.17) is 11.6 Å². The van der Waals surface area contributed by atoms with Gasteiger partial charge in [-0.2, -0.15) is 0 Å². The lowest BCUT2D eigenvalue weighted by molar-refractivity contribution is 0.0935. The predicted molar refractivity (Wildman–Crippen MR) is 90.8 cm³/mol. The summed E-state index contributed by atoms with van der Waals surface area (Å²) in [4.78, 5) is 14.0. The molecule has 0 unspecified atom stereocenters. The molecule has 2 N–H and O–H groups in total. The first kappa shape index (κ1) is 14.1. The molecule has 5 heteroatoms. The molecule has 1 aromatic carbocycles. The van der Waals surface area contributed by atoms with Gasteiger partial charge in [-0.25, -0.2) is 0 Å². The van der Waals surface area contributed by atoms with Crippen LogP contribution in [0.3, 0.4) is 0 Å². The van der Waals surface area contributed by atoms with Crippen molar-refractivity contribution in [1.29, 1.82) is 0 Å². The summed E-state index contributed by atoms with van der Waals surface area (Å²) in [5, 5.41) is 8.17. The van der Waals surface area contributed by atoms with Crippen LogP contribution in [0.2, 0.25) is 5.02 Å². The molecule has 2 aromatic rings. The molecule has 4 rings (SSSR count). The number of carbonyl (C=O) groups is 1. The fraction of sp³-hybridized carbons (Fsp3) is 0.353. The molecule has 0 fully saturated rings. The van der Waals surface area contributed by atoms with Crippen LogP contribution in [0, 0.1) is 5.92 Å². The Balaban J connectivity index is 1.73. The average Bonchev–Trinajstić information content (AvgIpc) is 2.85. The van der Waals surface area contributed by atoms with Crippen LogP contribution in [-0.2, 0) is 12.8 Å². The van der Waals surface area contributed by atoms with Gasteiger partial charge in [0.15, 0.2) is 0 Å². The number of rotatable bonds is 1. The SMILES string of the molecule is C[C@@H]1CCc2c(sc3c2C(=O)N[C@@H](c2ccccc2Cl)N3)C1. The van der Waals surface area contributed by atoms with Crippen molar-refractivity contribution in [3.63, 3.8) is 0 Å². The lowest BCUT2D eigenvalue weighted by Gasteiger charge is -2.27. The molecule has 2 aliphatic rings. The molecular formula is C17H17ClN2OS. The van der Waals surface area contributed by atoms with Crippen molar-refractivity contribution in [2.24, 2.45) is 5.92 Å². The molecule has 1 aromatic heterocycles. The number of fused-ring (bicyclic) bond motifs is 3. The van der Waals surface area contributed by atoms with E-state index >= 15 is 0 Å². The second-order valence-electron chi connectivity index (χ2n) is 6.13. The quantitative estimate of drug-likeness (QED) is 0.813. The number of halogens is 1. The smallest absolute Gasteiger partial charge is 0.256 e. The number of benzene rings is 1. The highest BCUT2D eigenvalue weighted by Crippen LogP contribution is 2.43. The molecule has 0 spiro atoms. The monoisotopic (exact) mass is 332 g/mol. The first-order valence-corrected chi connectivity index (χ1v) is 8.79. The lowest BCUT2D eigenvalue weighted by atomic mass is 9.88. The van der Waals surface area contributed by atoms with Gasteiger partial charge >= 0.3 is 0 Å². The van der Waals surface area contributed by atoms with Gasteiger partial charge in [-0.05, 0) is 36.8 Å². The van der Waals surface area contributed by atoms with Crippen molar-refractivity contribution in [1.82, 2.24) is 5.32 Å². The van der Waals surface area contributed by atoms with Gasteiger partial charge in [0.25, 0.3) is 5.91 Å². The number of anilines is 1. The summed E-state index contributed by atoms with van der Waals surface area (Å²) in [6.45, 7) is 2.28. The minimum atomic E-state index is -0.258. The standard InChI is InChI=1S/C17H17ClN2OS/c1-9-6-7-11-13(8-9)22-17-14(11)16(21)19-15(20-17)10-4-2-3-5-12(10)18/h2-5,9,15,20H,6-8H2,1H3,(H,19,21)/t9-,15-/m1/s1.